The minimum absolute atomic E-state index is 0.166. The Balaban J connectivity index is 1.96. The number of hydrogen-bond acceptors (Lipinski definition) is 1. The zero-order valence-corrected chi connectivity index (χ0v) is 21.0. The number of hydrogen-bond donors (Lipinski definition) is 1. The van der Waals surface area contributed by atoms with Gasteiger partial charge in [-0.05, 0) is 54.7 Å². The van der Waals surface area contributed by atoms with E-state index in [2.05, 4.69) is 81.5 Å². The van der Waals surface area contributed by atoms with E-state index in [1.165, 1.54) is 49.7 Å². The molecule has 0 spiro atoms. The van der Waals surface area contributed by atoms with Gasteiger partial charge in [-0.15, -0.1) is 0 Å². The molecule has 2 heteroatoms. The Bertz CT molecular complexity index is 783. The van der Waals surface area contributed by atoms with Crippen molar-refractivity contribution in [2.45, 2.75) is 98.3 Å². The Morgan fingerprint density at radius 2 is 1.62 bits per heavy atom. The maximum atomic E-state index is 12.9. The molecule has 0 fully saturated rings. The van der Waals surface area contributed by atoms with Gasteiger partial charge in [0.2, 0.25) is 5.91 Å². The first kappa shape index (κ1) is 26.2. The molecule has 1 amide bonds. The highest BCUT2D eigenvalue weighted by Gasteiger charge is 2.19. The van der Waals surface area contributed by atoms with Crippen LogP contribution in [0.15, 0.2) is 48.5 Å². The molecule has 2 atom stereocenters. The standard InChI is InChI=1S/C30H45NO/c1-5-7-8-9-13-19-27(25(4)23-26-17-11-10-12-18-26)21-22-29(32)31-30-24(3)16-14-20-28(30)15-6-2/h10-12,14,16-18,20,25,27H,5-9,13,15,19,21-23H2,1-4H3,(H,31,32). The zero-order chi connectivity index (χ0) is 23.2. The van der Waals surface area contributed by atoms with E-state index in [9.17, 15) is 4.79 Å². The third-order valence-corrected chi connectivity index (χ3v) is 6.77. The van der Waals surface area contributed by atoms with Crippen molar-refractivity contribution in [3.63, 3.8) is 0 Å². The number of amides is 1. The highest BCUT2D eigenvalue weighted by molar-refractivity contribution is 5.92. The largest absolute Gasteiger partial charge is 0.326 e. The van der Waals surface area contributed by atoms with E-state index in [1.807, 2.05) is 0 Å². The van der Waals surface area contributed by atoms with Crippen LogP contribution in [0.25, 0.3) is 0 Å². The highest BCUT2D eigenvalue weighted by atomic mass is 16.1. The van der Waals surface area contributed by atoms with Crippen molar-refractivity contribution in [2.24, 2.45) is 11.8 Å². The fraction of sp³-hybridized carbons (Fsp3) is 0.567. The molecule has 32 heavy (non-hydrogen) atoms. The number of unbranched alkanes of at least 4 members (excludes halogenated alkanes) is 4. The lowest BCUT2D eigenvalue weighted by Gasteiger charge is -2.24. The van der Waals surface area contributed by atoms with Crippen LogP contribution in [0.4, 0.5) is 5.69 Å². The molecule has 0 aliphatic carbocycles. The molecular formula is C30H45NO. The average molecular weight is 436 g/mol. The topological polar surface area (TPSA) is 29.1 Å². The van der Waals surface area contributed by atoms with Crippen LogP contribution in [0.3, 0.4) is 0 Å². The Morgan fingerprint density at radius 1 is 0.875 bits per heavy atom. The third kappa shape index (κ3) is 9.18. The number of carbonyl (C=O) groups is 1. The van der Waals surface area contributed by atoms with Crippen LogP contribution >= 0.6 is 0 Å². The Morgan fingerprint density at radius 3 is 2.34 bits per heavy atom. The summed E-state index contributed by atoms with van der Waals surface area (Å²) in [5, 5.41) is 3.25. The van der Waals surface area contributed by atoms with E-state index in [1.54, 1.807) is 0 Å². The fourth-order valence-electron chi connectivity index (χ4n) is 4.78. The number of nitrogens with one attached hydrogen (secondary N) is 1. The normalized spacial score (nSPS) is 13.0. The predicted molar refractivity (Wildman–Crippen MR) is 139 cm³/mol. The molecule has 176 valence electrons. The van der Waals surface area contributed by atoms with Gasteiger partial charge in [-0.2, -0.15) is 0 Å². The lowest BCUT2D eigenvalue weighted by Crippen LogP contribution is -2.19. The first-order valence-electron chi connectivity index (χ1n) is 13.0. The van der Waals surface area contributed by atoms with Crippen LogP contribution in [-0.4, -0.2) is 5.91 Å². The summed E-state index contributed by atoms with van der Waals surface area (Å²) in [6.45, 7) is 8.93. The summed E-state index contributed by atoms with van der Waals surface area (Å²) in [5.74, 6) is 1.35. The predicted octanol–water partition coefficient (Wildman–Crippen LogP) is 8.52. The maximum absolute atomic E-state index is 12.9. The molecule has 0 aromatic heterocycles. The van der Waals surface area contributed by atoms with Crippen molar-refractivity contribution in [2.75, 3.05) is 5.32 Å². The molecule has 0 aliphatic rings. The van der Waals surface area contributed by atoms with Crippen LogP contribution in [0.2, 0.25) is 0 Å². The second-order valence-corrected chi connectivity index (χ2v) is 9.58. The van der Waals surface area contributed by atoms with Gasteiger partial charge in [0.1, 0.15) is 0 Å². The summed E-state index contributed by atoms with van der Waals surface area (Å²) in [5.41, 5.74) is 4.86. The van der Waals surface area contributed by atoms with Crippen molar-refractivity contribution >= 4 is 11.6 Å². The van der Waals surface area contributed by atoms with E-state index in [-0.39, 0.29) is 5.91 Å². The molecule has 1 N–H and O–H groups in total. The molecule has 2 rings (SSSR count). The molecule has 0 saturated carbocycles. The van der Waals surface area contributed by atoms with Crippen molar-refractivity contribution in [3.05, 3.63) is 65.2 Å². The minimum Gasteiger partial charge on any atom is -0.326 e. The maximum Gasteiger partial charge on any atom is 0.224 e. The Labute approximate surface area is 197 Å². The summed E-state index contributed by atoms with van der Waals surface area (Å²) >= 11 is 0. The van der Waals surface area contributed by atoms with E-state index >= 15 is 0 Å². The van der Waals surface area contributed by atoms with Crippen LogP contribution in [0, 0.1) is 18.8 Å². The van der Waals surface area contributed by atoms with E-state index in [4.69, 9.17) is 0 Å². The number of rotatable bonds is 15. The van der Waals surface area contributed by atoms with Gasteiger partial charge in [0.25, 0.3) is 0 Å². The number of carbonyl (C=O) groups excluding carboxylic acids is 1. The van der Waals surface area contributed by atoms with Crippen molar-refractivity contribution < 1.29 is 4.79 Å². The first-order chi connectivity index (χ1) is 15.5. The number of para-hydroxylation sites is 1. The second kappa shape index (κ2) is 14.9. The number of anilines is 1. The Kier molecular flexibility index (Phi) is 12.2. The molecule has 2 aromatic carbocycles. The van der Waals surface area contributed by atoms with Gasteiger partial charge in [0.15, 0.2) is 0 Å². The quantitative estimate of drug-likeness (QED) is 0.279. The number of aryl methyl sites for hydroxylation is 2. The summed E-state index contributed by atoms with van der Waals surface area (Å²) in [6.07, 6.45) is 12.6. The van der Waals surface area contributed by atoms with Crippen molar-refractivity contribution in [1.29, 1.82) is 0 Å². The average Bonchev–Trinajstić information content (AvgIpc) is 2.78. The van der Waals surface area contributed by atoms with Gasteiger partial charge in [-0.25, -0.2) is 0 Å². The van der Waals surface area contributed by atoms with E-state index < -0.39 is 0 Å². The van der Waals surface area contributed by atoms with Crippen molar-refractivity contribution in [3.8, 4) is 0 Å². The smallest absolute Gasteiger partial charge is 0.224 e. The molecule has 0 bridgehead atoms. The van der Waals surface area contributed by atoms with Gasteiger partial charge in [0, 0.05) is 12.1 Å². The second-order valence-electron chi connectivity index (χ2n) is 9.58. The van der Waals surface area contributed by atoms with Gasteiger partial charge in [-0.3, -0.25) is 4.79 Å². The Hall–Kier alpha value is -2.09. The van der Waals surface area contributed by atoms with E-state index in [0.717, 1.165) is 36.9 Å². The molecule has 2 aromatic rings. The summed E-state index contributed by atoms with van der Waals surface area (Å²) in [6, 6.07) is 17.1. The van der Waals surface area contributed by atoms with Crippen LogP contribution < -0.4 is 5.32 Å². The zero-order valence-electron chi connectivity index (χ0n) is 21.0. The molecule has 2 unspecified atom stereocenters. The summed E-state index contributed by atoms with van der Waals surface area (Å²) < 4.78 is 0. The van der Waals surface area contributed by atoms with Gasteiger partial charge in [0.05, 0.1) is 0 Å². The van der Waals surface area contributed by atoms with E-state index in [0.29, 0.717) is 18.3 Å². The van der Waals surface area contributed by atoms with Gasteiger partial charge in [-0.1, -0.05) is 114 Å². The van der Waals surface area contributed by atoms with Crippen LogP contribution in [0.1, 0.15) is 95.2 Å². The third-order valence-electron chi connectivity index (χ3n) is 6.77. The molecule has 0 radical (unpaired) electrons. The van der Waals surface area contributed by atoms with Gasteiger partial charge < -0.3 is 5.32 Å². The molecule has 0 saturated heterocycles. The SMILES string of the molecule is CCCCCCCC(CCC(=O)Nc1c(C)cccc1CCC)C(C)Cc1ccccc1. The first-order valence-corrected chi connectivity index (χ1v) is 13.0. The summed E-state index contributed by atoms with van der Waals surface area (Å²) in [4.78, 5) is 12.9. The molecule has 0 heterocycles. The van der Waals surface area contributed by atoms with Gasteiger partial charge >= 0.3 is 0 Å². The number of benzene rings is 2. The van der Waals surface area contributed by atoms with Crippen molar-refractivity contribution in [1.82, 2.24) is 0 Å². The lowest BCUT2D eigenvalue weighted by atomic mass is 9.81. The summed E-state index contributed by atoms with van der Waals surface area (Å²) in [7, 11) is 0. The van der Waals surface area contributed by atoms with Crippen LogP contribution in [-0.2, 0) is 17.6 Å². The fourth-order valence-corrected chi connectivity index (χ4v) is 4.78. The molecule has 2 nitrogen and oxygen atoms in total. The van der Waals surface area contributed by atoms with Crippen LogP contribution in [0.5, 0.6) is 0 Å². The lowest BCUT2D eigenvalue weighted by molar-refractivity contribution is -0.116. The molecular weight excluding hydrogens is 390 g/mol. The highest BCUT2D eigenvalue weighted by Crippen LogP contribution is 2.28. The minimum atomic E-state index is 0.166. The monoisotopic (exact) mass is 435 g/mol. The molecule has 0 aliphatic heterocycles.